The lowest BCUT2D eigenvalue weighted by Gasteiger charge is -2.16. The van der Waals surface area contributed by atoms with Crippen LogP contribution in [0.25, 0.3) is 0 Å². The standard InChI is InChI=1S/C16H17NO3/c1-11(13-4-3-5-15(10-13)20-2)17-14-8-6-12(7-9-14)16(18)19/h3-11,17H,1-2H3,(H,18,19). The highest BCUT2D eigenvalue weighted by Gasteiger charge is 2.07. The Balaban J connectivity index is 2.10. The minimum Gasteiger partial charge on any atom is -0.497 e. The number of benzene rings is 2. The summed E-state index contributed by atoms with van der Waals surface area (Å²) in [6, 6.07) is 14.6. The van der Waals surface area contributed by atoms with Gasteiger partial charge in [-0.1, -0.05) is 12.1 Å². The molecule has 0 saturated heterocycles. The van der Waals surface area contributed by atoms with Crippen molar-refractivity contribution in [1.82, 2.24) is 0 Å². The Morgan fingerprint density at radius 2 is 1.90 bits per heavy atom. The van der Waals surface area contributed by atoms with Crippen molar-refractivity contribution in [2.75, 3.05) is 12.4 Å². The lowest BCUT2D eigenvalue weighted by Crippen LogP contribution is -2.07. The van der Waals surface area contributed by atoms with Gasteiger partial charge in [-0.2, -0.15) is 0 Å². The number of aromatic carboxylic acids is 1. The van der Waals surface area contributed by atoms with E-state index >= 15 is 0 Å². The molecule has 0 aliphatic heterocycles. The molecule has 1 atom stereocenters. The Morgan fingerprint density at radius 1 is 1.20 bits per heavy atom. The van der Waals surface area contributed by atoms with Gasteiger partial charge >= 0.3 is 5.97 Å². The highest BCUT2D eigenvalue weighted by atomic mass is 16.5. The molecule has 0 aliphatic carbocycles. The number of carboxylic acids is 1. The predicted molar refractivity (Wildman–Crippen MR) is 78.4 cm³/mol. The van der Waals surface area contributed by atoms with Crippen LogP contribution in [0.2, 0.25) is 0 Å². The fourth-order valence-corrected chi connectivity index (χ4v) is 1.95. The fourth-order valence-electron chi connectivity index (χ4n) is 1.95. The third kappa shape index (κ3) is 3.29. The van der Waals surface area contributed by atoms with Crippen molar-refractivity contribution in [2.45, 2.75) is 13.0 Å². The summed E-state index contributed by atoms with van der Waals surface area (Å²) in [7, 11) is 1.64. The molecule has 2 aromatic carbocycles. The molecule has 0 radical (unpaired) electrons. The lowest BCUT2D eigenvalue weighted by molar-refractivity contribution is 0.0697. The molecule has 2 rings (SSSR count). The number of anilines is 1. The normalized spacial score (nSPS) is 11.7. The topological polar surface area (TPSA) is 58.6 Å². The highest BCUT2D eigenvalue weighted by Crippen LogP contribution is 2.22. The van der Waals surface area contributed by atoms with E-state index in [9.17, 15) is 4.79 Å². The number of methoxy groups -OCH3 is 1. The van der Waals surface area contributed by atoms with Crippen LogP contribution in [0, 0.1) is 0 Å². The second-order valence-electron chi connectivity index (χ2n) is 4.53. The number of hydrogen-bond donors (Lipinski definition) is 2. The summed E-state index contributed by atoms with van der Waals surface area (Å²) in [5.41, 5.74) is 2.27. The average molecular weight is 271 g/mol. The quantitative estimate of drug-likeness (QED) is 0.872. The van der Waals surface area contributed by atoms with Gasteiger partial charge in [0.2, 0.25) is 0 Å². The van der Waals surface area contributed by atoms with Crippen molar-refractivity contribution in [2.24, 2.45) is 0 Å². The van der Waals surface area contributed by atoms with Crippen LogP contribution in [0.3, 0.4) is 0 Å². The molecule has 0 aliphatic rings. The summed E-state index contributed by atoms with van der Waals surface area (Å²) in [6.07, 6.45) is 0. The summed E-state index contributed by atoms with van der Waals surface area (Å²) >= 11 is 0. The smallest absolute Gasteiger partial charge is 0.335 e. The third-order valence-corrected chi connectivity index (χ3v) is 3.11. The molecule has 0 amide bonds. The number of carboxylic acid groups (broad SMARTS) is 1. The zero-order valence-electron chi connectivity index (χ0n) is 11.5. The molecule has 0 aromatic heterocycles. The Bertz CT molecular complexity index is 593. The Labute approximate surface area is 118 Å². The van der Waals surface area contributed by atoms with E-state index in [1.54, 1.807) is 31.4 Å². The van der Waals surface area contributed by atoms with Gasteiger partial charge in [0.15, 0.2) is 0 Å². The van der Waals surface area contributed by atoms with E-state index in [1.165, 1.54) is 0 Å². The van der Waals surface area contributed by atoms with Gasteiger partial charge in [0, 0.05) is 11.7 Å². The zero-order chi connectivity index (χ0) is 14.5. The lowest BCUT2D eigenvalue weighted by atomic mass is 10.1. The molecule has 1 unspecified atom stereocenters. The second-order valence-corrected chi connectivity index (χ2v) is 4.53. The van der Waals surface area contributed by atoms with Crippen LogP contribution in [-0.4, -0.2) is 18.2 Å². The van der Waals surface area contributed by atoms with Crippen molar-refractivity contribution in [3.05, 3.63) is 59.7 Å². The minimum atomic E-state index is -0.919. The SMILES string of the molecule is COc1cccc(C(C)Nc2ccc(C(=O)O)cc2)c1. The Kier molecular flexibility index (Phi) is 4.25. The van der Waals surface area contributed by atoms with E-state index < -0.39 is 5.97 Å². The average Bonchev–Trinajstić information content (AvgIpc) is 2.47. The number of ether oxygens (including phenoxy) is 1. The maximum Gasteiger partial charge on any atom is 0.335 e. The first-order valence-electron chi connectivity index (χ1n) is 6.34. The summed E-state index contributed by atoms with van der Waals surface area (Å²) in [5, 5.41) is 12.2. The van der Waals surface area contributed by atoms with Crippen molar-refractivity contribution in [1.29, 1.82) is 0 Å². The molecular weight excluding hydrogens is 254 g/mol. The molecule has 104 valence electrons. The maximum absolute atomic E-state index is 10.8. The van der Waals surface area contributed by atoms with E-state index in [1.807, 2.05) is 31.2 Å². The first-order chi connectivity index (χ1) is 9.60. The second kappa shape index (κ2) is 6.10. The Hall–Kier alpha value is -2.49. The Morgan fingerprint density at radius 3 is 2.50 bits per heavy atom. The summed E-state index contributed by atoms with van der Waals surface area (Å²) in [5.74, 6) is -0.102. The molecule has 0 bridgehead atoms. The van der Waals surface area contributed by atoms with Crippen molar-refractivity contribution in [3.8, 4) is 5.75 Å². The van der Waals surface area contributed by atoms with E-state index in [4.69, 9.17) is 9.84 Å². The van der Waals surface area contributed by atoms with Crippen LogP contribution in [0.4, 0.5) is 5.69 Å². The van der Waals surface area contributed by atoms with Gasteiger partial charge in [-0.3, -0.25) is 0 Å². The van der Waals surface area contributed by atoms with E-state index in [0.29, 0.717) is 0 Å². The van der Waals surface area contributed by atoms with Crippen LogP contribution in [-0.2, 0) is 0 Å². The zero-order valence-corrected chi connectivity index (χ0v) is 11.5. The fraction of sp³-hybridized carbons (Fsp3) is 0.188. The summed E-state index contributed by atoms with van der Waals surface area (Å²) < 4.78 is 5.20. The van der Waals surface area contributed by atoms with Gasteiger partial charge in [0.1, 0.15) is 5.75 Å². The van der Waals surface area contributed by atoms with Crippen LogP contribution in [0.1, 0.15) is 28.9 Å². The number of carbonyl (C=O) groups is 1. The molecule has 20 heavy (non-hydrogen) atoms. The van der Waals surface area contributed by atoms with Gasteiger partial charge in [0.25, 0.3) is 0 Å². The van der Waals surface area contributed by atoms with Gasteiger partial charge in [-0.15, -0.1) is 0 Å². The summed E-state index contributed by atoms with van der Waals surface area (Å²) in [6.45, 7) is 2.04. The van der Waals surface area contributed by atoms with E-state index in [2.05, 4.69) is 5.32 Å². The molecule has 0 saturated carbocycles. The monoisotopic (exact) mass is 271 g/mol. The number of hydrogen-bond acceptors (Lipinski definition) is 3. The highest BCUT2D eigenvalue weighted by molar-refractivity contribution is 5.88. The van der Waals surface area contributed by atoms with Crippen molar-refractivity contribution < 1.29 is 14.6 Å². The largest absolute Gasteiger partial charge is 0.497 e. The van der Waals surface area contributed by atoms with Crippen LogP contribution in [0.5, 0.6) is 5.75 Å². The first kappa shape index (κ1) is 13.9. The van der Waals surface area contributed by atoms with E-state index in [-0.39, 0.29) is 11.6 Å². The molecule has 0 fully saturated rings. The van der Waals surface area contributed by atoms with Gasteiger partial charge in [-0.05, 0) is 48.9 Å². The van der Waals surface area contributed by atoms with Crippen LogP contribution in [0.15, 0.2) is 48.5 Å². The molecular formula is C16H17NO3. The van der Waals surface area contributed by atoms with Gasteiger partial charge in [0.05, 0.1) is 12.7 Å². The van der Waals surface area contributed by atoms with Crippen LogP contribution < -0.4 is 10.1 Å². The molecule has 4 nitrogen and oxygen atoms in total. The van der Waals surface area contributed by atoms with Crippen molar-refractivity contribution >= 4 is 11.7 Å². The molecule has 0 spiro atoms. The maximum atomic E-state index is 10.8. The molecule has 0 heterocycles. The van der Waals surface area contributed by atoms with E-state index in [0.717, 1.165) is 17.0 Å². The molecule has 2 aromatic rings. The first-order valence-corrected chi connectivity index (χ1v) is 6.34. The number of rotatable bonds is 5. The minimum absolute atomic E-state index is 0.0979. The van der Waals surface area contributed by atoms with Gasteiger partial charge in [-0.25, -0.2) is 4.79 Å². The van der Waals surface area contributed by atoms with Crippen LogP contribution >= 0.6 is 0 Å². The molecule has 4 heteroatoms. The summed E-state index contributed by atoms with van der Waals surface area (Å²) in [4.78, 5) is 10.8. The van der Waals surface area contributed by atoms with Gasteiger partial charge < -0.3 is 15.2 Å². The van der Waals surface area contributed by atoms with Crippen molar-refractivity contribution in [3.63, 3.8) is 0 Å². The number of nitrogens with one attached hydrogen (secondary N) is 1. The molecule has 2 N–H and O–H groups in total. The predicted octanol–water partition coefficient (Wildman–Crippen LogP) is 3.57. The third-order valence-electron chi connectivity index (χ3n) is 3.11.